The summed E-state index contributed by atoms with van der Waals surface area (Å²) >= 11 is 0. The molecule has 0 aliphatic rings. The summed E-state index contributed by atoms with van der Waals surface area (Å²) in [5.41, 5.74) is 5.07. The number of nitrogens with two attached hydrogens (primary N) is 1. The standard InChI is InChI=1S/C4H7N2/c1-4(6)2-3-5/h4H,1-2,6H2. The zero-order valence-corrected chi connectivity index (χ0v) is 3.52. The summed E-state index contributed by atoms with van der Waals surface area (Å²) in [6.45, 7) is 3.38. The van der Waals surface area contributed by atoms with E-state index in [1.54, 1.807) is 0 Å². The van der Waals surface area contributed by atoms with Gasteiger partial charge in [-0.25, -0.2) is 0 Å². The first kappa shape index (κ1) is 5.45. The van der Waals surface area contributed by atoms with Gasteiger partial charge in [0.1, 0.15) is 0 Å². The molecule has 33 valence electrons. The Kier molecular flexibility index (Phi) is 2.43. The molecule has 0 aromatic carbocycles. The number of rotatable bonds is 1. The molecule has 2 N–H and O–H groups in total. The predicted molar refractivity (Wildman–Crippen MR) is 23.6 cm³/mol. The molecule has 0 aromatic rings. The maximum atomic E-state index is 7.87. The maximum absolute atomic E-state index is 7.87. The largest absolute Gasteiger partial charge is 0.327 e. The van der Waals surface area contributed by atoms with Crippen molar-refractivity contribution in [3.8, 4) is 6.07 Å². The molecule has 0 aliphatic heterocycles. The van der Waals surface area contributed by atoms with E-state index in [-0.39, 0.29) is 6.04 Å². The van der Waals surface area contributed by atoms with Crippen LogP contribution in [0.2, 0.25) is 0 Å². The van der Waals surface area contributed by atoms with Crippen molar-refractivity contribution in [2.45, 2.75) is 12.5 Å². The molecule has 0 rings (SSSR count). The molecule has 0 saturated heterocycles. The Morgan fingerprint density at radius 2 is 2.50 bits per heavy atom. The van der Waals surface area contributed by atoms with E-state index in [9.17, 15) is 0 Å². The zero-order valence-electron chi connectivity index (χ0n) is 3.52. The molecule has 0 amide bonds. The van der Waals surface area contributed by atoms with Crippen LogP contribution in [0.25, 0.3) is 0 Å². The third-order valence-electron chi connectivity index (χ3n) is 0.353. The van der Waals surface area contributed by atoms with Crippen LogP contribution < -0.4 is 5.73 Å². The molecule has 0 fully saturated rings. The Morgan fingerprint density at radius 1 is 2.00 bits per heavy atom. The normalized spacial score (nSPS) is 12.8. The van der Waals surface area contributed by atoms with Crippen molar-refractivity contribution in [2.24, 2.45) is 5.73 Å². The van der Waals surface area contributed by atoms with Gasteiger partial charge in [-0.1, -0.05) is 0 Å². The minimum absolute atomic E-state index is 0.213. The van der Waals surface area contributed by atoms with E-state index in [2.05, 4.69) is 6.92 Å². The van der Waals surface area contributed by atoms with E-state index < -0.39 is 0 Å². The molecule has 0 aromatic heterocycles. The highest BCUT2D eigenvalue weighted by Gasteiger charge is 1.85. The maximum Gasteiger partial charge on any atom is 0.0638 e. The molecule has 2 nitrogen and oxygen atoms in total. The van der Waals surface area contributed by atoms with Gasteiger partial charge in [0.25, 0.3) is 0 Å². The lowest BCUT2D eigenvalue weighted by atomic mass is 10.3. The summed E-state index contributed by atoms with van der Waals surface area (Å²) < 4.78 is 0. The highest BCUT2D eigenvalue weighted by Crippen LogP contribution is 1.77. The van der Waals surface area contributed by atoms with Crippen LogP contribution in [0.1, 0.15) is 6.42 Å². The Labute approximate surface area is 37.6 Å². The molecule has 0 heterocycles. The van der Waals surface area contributed by atoms with Gasteiger partial charge < -0.3 is 5.73 Å². The van der Waals surface area contributed by atoms with Crippen molar-refractivity contribution >= 4 is 0 Å². The monoisotopic (exact) mass is 83.1 g/mol. The second-order valence-electron chi connectivity index (χ2n) is 1.12. The highest BCUT2D eigenvalue weighted by atomic mass is 14.6. The summed E-state index contributed by atoms with van der Waals surface area (Å²) in [6.07, 6.45) is 0.347. The minimum Gasteiger partial charge on any atom is -0.327 e. The van der Waals surface area contributed by atoms with Crippen LogP contribution in [0.4, 0.5) is 0 Å². The summed E-state index contributed by atoms with van der Waals surface area (Å²) in [5, 5.41) is 7.87. The van der Waals surface area contributed by atoms with Crippen LogP contribution >= 0.6 is 0 Å². The Morgan fingerprint density at radius 3 is 2.50 bits per heavy atom. The lowest BCUT2D eigenvalue weighted by molar-refractivity contribution is 0.839. The molecule has 2 heteroatoms. The number of nitrogens with zero attached hydrogens (tertiary/aromatic N) is 1. The minimum atomic E-state index is -0.213. The van der Waals surface area contributed by atoms with Gasteiger partial charge in [0, 0.05) is 6.04 Å². The van der Waals surface area contributed by atoms with Crippen molar-refractivity contribution in [1.29, 1.82) is 5.26 Å². The van der Waals surface area contributed by atoms with Crippen molar-refractivity contribution in [3.05, 3.63) is 6.92 Å². The fourth-order valence-electron chi connectivity index (χ4n) is 0.117. The molecule has 1 atom stereocenters. The van der Waals surface area contributed by atoms with Crippen molar-refractivity contribution in [2.75, 3.05) is 0 Å². The fourth-order valence-corrected chi connectivity index (χ4v) is 0.117. The van der Waals surface area contributed by atoms with Crippen LogP contribution in [0.5, 0.6) is 0 Å². The van der Waals surface area contributed by atoms with Crippen LogP contribution in [0, 0.1) is 18.3 Å². The van der Waals surface area contributed by atoms with Crippen LogP contribution in [0.15, 0.2) is 0 Å². The van der Waals surface area contributed by atoms with Gasteiger partial charge >= 0.3 is 0 Å². The molecule has 0 saturated carbocycles. The molecular formula is C4H7N2. The lowest BCUT2D eigenvalue weighted by Crippen LogP contribution is -2.13. The SMILES string of the molecule is [CH2]C(N)CC#N. The van der Waals surface area contributed by atoms with Gasteiger partial charge in [0.15, 0.2) is 0 Å². The Bertz CT molecular complexity index is 60.4. The van der Waals surface area contributed by atoms with E-state index in [0.29, 0.717) is 6.42 Å². The topological polar surface area (TPSA) is 49.8 Å². The van der Waals surface area contributed by atoms with Gasteiger partial charge in [-0.15, -0.1) is 0 Å². The average Bonchev–Trinajstić information content (AvgIpc) is 1.35. The molecule has 1 radical (unpaired) electrons. The first-order chi connectivity index (χ1) is 2.77. The van der Waals surface area contributed by atoms with Gasteiger partial charge in [-0.3, -0.25) is 0 Å². The summed E-state index contributed by atoms with van der Waals surface area (Å²) in [6, 6.07) is 1.67. The van der Waals surface area contributed by atoms with Crippen molar-refractivity contribution in [3.63, 3.8) is 0 Å². The highest BCUT2D eigenvalue weighted by molar-refractivity contribution is 4.78. The molecule has 0 spiro atoms. The quantitative estimate of drug-likeness (QED) is 0.487. The summed E-state index contributed by atoms with van der Waals surface area (Å²) in [7, 11) is 0. The Hall–Kier alpha value is -0.550. The summed E-state index contributed by atoms with van der Waals surface area (Å²) in [4.78, 5) is 0. The number of nitriles is 1. The third-order valence-corrected chi connectivity index (χ3v) is 0.353. The van der Waals surface area contributed by atoms with E-state index in [0.717, 1.165) is 0 Å². The first-order valence-electron chi connectivity index (χ1n) is 1.73. The van der Waals surface area contributed by atoms with E-state index in [4.69, 9.17) is 11.0 Å². The van der Waals surface area contributed by atoms with Gasteiger partial charge in [0.2, 0.25) is 0 Å². The second kappa shape index (κ2) is 2.67. The molecule has 6 heavy (non-hydrogen) atoms. The van der Waals surface area contributed by atoms with E-state index >= 15 is 0 Å². The molecule has 0 aliphatic carbocycles. The lowest BCUT2D eigenvalue weighted by Gasteiger charge is -1.89. The number of hydrogen-bond donors (Lipinski definition) is 1. The molecule has 1 unspecified atom stereocenters. The zero-order chi connectivity index (χ0) is 4.99. The molecule has 0 bridgehead atoms. The first-order valence-corrected chi connectivity index (χ1v) is 1.73. The second-order valence-corrected chi connectivity index (χ2v) is 1.12. The Balaban J connectivity index is 2.88. The van der Waals surface area contributed by atoms with Crippen LogP contribution in [-0.4, -0.2) is 6.04 Å². The smallest absolute Gasteiger partial charge is 0.0638 e. The van der Waals surface area contributed by atoms with Gasteiger partial charge in [-0.05, 0) is 6.92 Å². The van der Waals surface area contributed by atoms with Crippen LogP contribution in [0.3, 0.4) is 0 Å². The van der Waals surface area contributed by atoms with Crippen molar-refractivity contribution < 1.29 is 0 Å². The van der Waals surface area contributed by atoms with Crippen molar-refractivity contribution in [1.82, 2.24) is 0 Å². The third kappa shape index (κ3) is 3.45. The van der Waals surface area contributed by atoms with Crippen LogP contribution in [-0.2, 0) is 0 Å². The number of hydrogen-bond acceptors (Lipinski definition) is 2. The van der Waals surface area contributed by atoms with E-state index in [1.165, 1.54) is 0 Å². The van der Waals surface area contributed by atoms with Gasteiger partial charge in [0.05, 0.1) is 12.5 Å². The van der Waals surface area contributed by atoms with Gasteiger partial charge in [-0.2, -0.15) is 5.26 Å². The predicted octanol–water partition coefficient (Wildman–Crippen LogP) is 0.0615. The fraction of sp³-hybridized carbons (Fsp3) is 0.500. The van der Waals surface area contributed by atoms with E-state index in [1.807, 2.05) is 6.07 Å². The average molecular weight is 83.1 g/mol. The summed E-state index contributed by atoms with van der Waals surface area (Å²) in [5.74, 6) is 0. The molecular weight excluding hydrogens is 76.1 g/mol.